The Bertz CT molecular complexity index is 309. The number of hydrogen-bond donors (Lipinski definition) is 2. The first-order chi connectivity index (χ1) is 6.81. The van der Waals surface area contributed by atoms with Crippen LogP contribution in [0.3, 0.4) is 0 Å². The monoisotopic (exact) mass is 190 g/mol. The molecule has 1 aliphatic rings. The average molecular weight is 190 g/mol. The van der Waals surface area contributed by atoms with Gasteiger partial charge in [-0.3, -0.25) is 0 Å². The van der Waals surface area contributed by atoms with Crippen molar-refractivity contribution in [2.24, 2.45) is 17.6 Å². The quantitative estimate of drug-likeness (QED) is 0.762. The number of nitrogens with one attached hydrogen (secondary N) is 1. The fraction of sp³-hybridized carbons (Fsp3) is 0.500. The number of rotatable bonds is 4. The molecule has 2 rings (SSSR count). The molecule has 1 aromatic carbocycles. The predicted molar refractivity (Wildman–Crippen MR) is 60.3 cm³/mol. The maximum Gasteiger partial charge on any atom is 0.0369 e. The van der Waals surface area contributed by atoms with Crippen LogP contribution in [0.25, 0.3) is 0 Å². The van der Waals surface area contributed by atoms with Gasteiger partial charge in [0, 0.05) is 12.2 Å². The van der Waals surface area contributed by atoms with Crippen LogP contribution < -0.4 is 11.1 Å². The first-order valence-electron chi connectivity index (χ1n) is 5.31. The summed E-state index contributed by atoms with van der Waals surface area (Å²) >= 11 is 0. The highest BCUT2D eigenvalue weighted by molar-refractivity contribution is 5.50. The maximum absolute atomic E-state index is 5.60. The van der Waals surface area contributed by atoms with Crippen LogP contribution in [0.15, 0.2) is 24.3 Å². The lowest BCUT2D eigenvalue weighted by Crippen LogP contribution is -2.09. The van der Waals surface area contributed by atoms with Crippen LogP contribution in [0.2, 0.25) is 0 Å². The van der Waals surface area contributed by atoms with E-state index < -0.39 is 0 Å². The first kappa shape index (κ1) is 9.53. The molecule has 1 aliphatic carbocycles. The molecule has 0 heterocycles. The van der Waals surface area contributed by atoms with Crippen molar-refractivity contribution >= 4 is 5.69 Å². The number of para-hydroxylation sites is 1. The van der Waals surface area contributed by atoms with Gasteiger partial charge in [0.1, 0.15) is 0 Å². The molecule has 0 amide bonds. The smallest absolute Gasteiger partial charge is 0.0369 e. The van der Waals surface area contributed by atoms with E-state index in [0.29, 0.717) is 0 Å². The van der Waals surface area contributed by atoms with E-state index in [1.807, 2.05) is 0 Å². The van der Waals surface area contributed by atoms with Crippen LogP contribution in [0.5, 0.6) is 0 Å². The van der Waals surface area contributed by atoms with E-state index in [1.54, 1.807) is 0 Å². The van der Waals surface area contributed by atoms with Gasteiger partial charge >= 0.3 is 0 Å². The molecule has 2 nitrogen and oxygen atoms in total. The summed E-state index contributed by atoms with van der Waals surface area (Å²) in [5.74, 6) is 1.58. The van der Waals surface area contributed by atoms with Crippen molar-refractivity contribution in [3.63, 3.8) is 0 Å². The molecule has 14 heavy (non-hydrogen) atoms. The molecule has 0 radical (unpaired) electrons. The van der Waals surface area contributed by atoms with Crippen molar-refractivity contribution in [3.05, 3.63) is 29.8 Å². The summed E-state index contributed by atoms with van der Waals surface area (Å²) in [5.41, 5.74) is 8.17. The van der Waals surface area contributed by atoms with Crippen molar-refractivity contribution < 1.29 is 0 Å². The zero-order valence-electron chi connectivity index (χ0n) is 8.66. The van der Waals surface area contributed by atoms with Crippen molar-refractivity contribution in [2.45, 2.75) is 13.3 Å². The highest BCUT2D eigenvalue weighted by Crippen LogP contribution is 2.37. The van der Waals surface area contributed by atoms with Crippen molar-refractivity contribution in [1.82, 2.24) is 0 Å². The Balaban J connectivity index is 1.84. The van der Waals surface area contributed by atoms with Gasteiger partial charge in [-0.05, 0) is 43.4 Å². The lowest BCUT2D eigenvalue weighted by atomic mass is 10.2. The van der Waals surface area contributed by atoms with E-state index in [2.05, 4.69) is 36.5 Å². The molecule has 0 spiro atoms. The summed E-state index contributed by atoms with van der Waals surface area (Å²) in [4.78, 5) is 0. The molecule has 1 fully saturated rings. The van der Waals surface area contributed by atoms with E-state index >= 15 is 0 Å². The molecule has 1 aromatic rings. The summed E-state index contributed by atoms with van der Waals surface area (Å²) in [5, 5.41) is 3.48. The maximum atomic E-state index is 5.60. The van der Waals surface area contributed by atoms with Gasteiger partial charge in [0.2, 0.25) is 0 Å². The van der Waals surface area contributed by atoms with E-state index in [4.69, 9.17) is 5.73 Å². The lowest BCUT2D eigenvalue weighted by Gasteiger charge is -2.08. The third-order valence-electron chi connectivity index (χ3n) is 3.07. The standard InChI is InChI=1S/C12H18N2/c1-9-4-2-3-5-12(9)14-8-11-6-10(11)7-13/h2-5,10-11,14H,6-8,13H2,1H3/t10-,11+/m1/s1. The molecule has 3 N–H and O–H groups in total. The molecular weight excluding hydrogens is 172 g/mol. The molecule has 1 saturated carbocycles. The Morgan fingerprint density at radius 3 is 2.79 bits per heavy atom. The highest BCUT2D eigenvalue weighted by atomic mass is 14.9. The zero-order valence-corrected chi connectivity index (χ0v) is 8.66. The van der Waals surface area contributed by atoms with Crippen LogP contribution in [0, 0.1) is 18.8 Å². The second-order valence-corrected chi connectivity index (χ2v) is 4.19. The Morgan fingerprint density at radius 2 is 2.14 bits per heavy atom. The van der Waals surface area contributed by atoms with Crippen molar-refractivity contribution in [1.29, 1.82) is 0 Å². The SMILES string of the molecule is Cc1ccccc1NC[C@@H]1C[C@@H]1CN. The minimum Gasteiger partial charge on any atom is -0.385 e. The summed E-state index contributed by atoms with van der Waals surface area (Å²) in [6, 6.07) is 8.41. The summed E-state index contributed by atoms with van der Waals surface area (Å²) in [6.07, 6.45) is 1.30. The number of aryl methyl sites for hydroxylation is 1. The molecule has 76 valence electrons. The van der Waals surface area contributed by atoms with E-state index in [-0.39, 0.29) is 0 Å². The lowest BCUT2D eigenvalue weighted by molar-refractivity contribution is 0.733. The molecule has 0 aliphatic heterocycles. The molecule has 0 aromatic heterocycles. The van der Waals surface area contributed by atoms with Crippen LogP contribution in [0.1, 0.15) is 12.0 Å². The molecular formula is C12H18N2. The number of benzene rings is 1. The van der Waals surface area contributed by atoms with Crippen molar-refractivity contribution in [2.75, 3.05) is 18.4 Å². The van der Waals surface area contributed by atoms with Crippen LogP contribution >= 0.6 is 0 Å². The van der Waals surface area contributed by atoms with Crippen molar-refractivity contribution in [3.8, 4) is 0 Å². The third-order valence-corrected chi connectivity index (χ3v) is 3.07. The van der Waals surface area contributed by atoms with Gasteiger partial charge in [0.25, 0.3) is 0 Å². The molecule has 2 atom stereocenters. The third kappa shape index (κ3) is 2.07. The van der Waals surface area contributed by atoms with Gasteiger partial charge in [-0.25, -0.2) is 0 Å². The number of nitrogens with two attached hydrogens (primary N) is 1. The number of hydrogen-bond acceptors (Lipinski definition) is 2. The van der Waals surface area contributed by atoms with Gasteiger partial charge in [-0.2, -0.15) is 0 Å². The van der Waals surface area contributed by atoms with Crippen LogP contribution in [-0.4, -0.2) is 13.1 Å². The largest absolute Gasteiger partial charge is 0.385 e. The minimum absolute atomic E-state index is 0.770. The van der Waals surface area contributed by atoms with Gasteiger partial charge in [0.15, 0.2) is 0 Å². The zero-order chi connectivity index (χ0) is 9.97. The van der Waals surface area contributed by atoms with Crippen LogP contribution in [0.4, 0.5) is 5.69 Å². The Hall–Kier alpha value is -1.02. The summed E-state index contributed by atoms with van der Waals surface area (Å²) in [7, 11) is 0. The van der Waals surface area contributed by atoms with E-state index in [9.17, 15) is 0 Å². The molecule has 2 heteroatoms. The van der Waals surface area contributed by atoms with Gasteiger partial charge in [0.05, 0.1) is 0 Å². The minimum atomic E-state index is 0.770. The Labute approximate surface area is 85.5 Å². The van der Waals surface area contributed by atoms with Crippen LogP contribution in [-0.2, 0) is 0 Å². The van der Waals surface area contributed by atoms with Gasteiger partial charge in [-0.15, -0.1) is 0 Å². The second-order valence-electron chi connectivity index (χ2n) is 4.19. The normalized spacial score (nSPS) is 24.7. The van der Waals surface area contributed by atoms with E-state index in [1.165, 1.54) is 17.7 Å². The number of anilines is 1. The predicted octanol–water partition coefficient (Wildman–Crippen LogP) is 2.00. The highest BCUT2D eigenvalue weighted by Gasteiger charge is 2.34. The summed E-state index contributed by atoms with van der Waals surface area (Å²) < 4.78 is 0. The van der Waals surface area contributed by atoms with Gasteiger partial charge in [-0.1, -0.05) is 18.2 Å². The fourth-order valence-corrected chi connectivity index (χ4v) is 1.86. The molecule has 0 bridgehead atoms. The second kappa shape index (κ2) is 4.01. The first-order valence-corrected chi connectivity index (χ1v) is 5.31. The Morgan fingerprint density at radius 1 is 1.36 bits per heavy atom. The Kier molecular flexibility index (Phi) is 2.73. The molecule has 0 unspecified atom stereocenters. The van der Waals surface area contributed by atoms with E-state index in [0.717, 1.165) is 24.9 Å². The fourth-order valence-electron chi connectivity index (χ4n) is 1.86. The van der Waals surface area contributed by atoms with Gasteiger partial charge < -0.3 is 11.1 Å². The summed E-state index contributed by atoms with van der Waals surface area (Å²) in [6.45, 7) is 4.06. The molecule has 0 saturated heterocycles. The average Bonchev–Trinajstić information content (AvgIpc) is 2.95. The topological polar surface area (TPSA) is 38.0 Å².